The average Bonchev–Trinajstić information content (AvgIpc) is 2.54. The van der Waals surface area contributed by atoms with E-state index in [4.69, 9.17) is 5.73 Å². The van der Waals surface area contributed by atoms with Crippen LogP contribution in [0.2, 0.25) is 0 Å². The molecular weight excluding hydrogens is 182 g/mol. The maximum absolute atomic E-state index is 5.49. The van der Waals surface area contributed by atoms with Gasteiger partial charge in [0.05, 0.1) is 0 Å². The number of aromatic nitrogens is 2. The third-order valence-electron chi connectivity index (χ3n) is 2.21. The van der Waals surface area contributed by atoms with Gasteiger partial charge in [0.25, 0.3) is 0 Å². The maximum Gasteiger partial charge on any atom is 0.232 e. The van der Waals surface area contributed by atoms with Gasteiger partial charge >= 0.3 is 0 Å². The molecule has 0 radical (unpaired) electrons. The van der Waals surface area contributed by atoms with E-state index < -0.39 is 0 Å². The molecule has 0 spiro atoms. The Morgan fingerprint density at radius 3 is 2.69 bits per heavy atom. The highest BCUT2D eigenvalue weighted by Gasteiger charge is 2.13. The van der Waals surface area contributed by atoms with E-state index in [1.165, 1.54) is 30.8 Å². The lowest BCUT2D eigenvalue weighted by Gasteiger charge is -2.09. The standard InChI is InChI=1S/C9H17N3S/c1-3-5-6-7(4-2)8-11-9(10)12-13-8/h7H,3-6H2,1-2H3,(H2,10,12). The van der Waals surface area contributed by atoms with Crippen molar-refractivity contribution >= 4 is 17.5 Å². The van der Waals surface area contributed by atoms with Gasteiger partial charge in [-0.1, -0.05) is 26.7 Å². The SMILES string of the molecule is CCCCC(CC)c1nc(N)ns1. The summed E-state index contributed by atoms with van der Waals surface area (Å²) in [5.74, 6) is 0.990. The van der Waals surface area contributed by atoms with Crippen LogP contribution in [0.4, 0.5) is 5.95 Å². The molecule has 74 valence electrons. The molecule has 0 aromatic carbocycles. The monoisotopic (exact) mass is 199 g/mol. The van der Waals surface area contributed by atoms with E-state index in [-0.39, 0.29) is 0 Å². The summed E-state index contributed by atoms with van der Waals surface area (Å²) in [6.45, 7) is 4.40. The first kappa shape index (κ1) is 10.4. The Hall–Kier alpha value is -0.640. The highest BCUT2D eigenvalue weighted by molar-refractivity contribution is 7.05. The lowest BCUT2D eigenvalue weighted by Crippen LogP contribution is -1.97. The first-order valence-corrected chi connectivity index (χ1v) is 5.64. The zero-order valence-electron chi connectivity index (χ0n) is 8.29. The molecule has 1 aromatic heterocycles. The van der Waals surface area contributed by atoms with Crippen LogP contribution in [0.5, 0.6) is 0 Å². The molecule has 0 saturated heterocycles. The van der Waals surface area contributed by atoms with Gasteiger partial charge in [-0.3, -0.25) is 0 Å². The minimum Gasteiger partial charge on any atom is -0.367 e. The molecule has 1 aromatic rings. The second-order valence-corrected chi connectivity index (χ2v) is 4.02. The van der Waals surface area contributed by atoms with E-state index in [1.54, 1.807) is 0 Å². The summed E-state index contributed by atoms with van der Waals surface area (Å²) in [7, 11) is 0. The van der Waals surface area contributed by atoms with Crippen molar-refractivity contribution in [1.82, 2.24) is 9.36 Å². The highest BCUT2D eigenvalue weighted by Crippen LogP contribution is 2.26. The third kappa shape index (κ3) is 2.95. The van der Waals surface area contributed by atoms with Crippen LogP contribution in [-0.2, 0) is 0 Å². The molecule has 0 bridgehead atoms. The fourth-order valence-electron chi connectivity index (χ4n) is 1.37. The summed E-state index contributed by atoms with van der Waals surface area (Å²) in [6.07, 6.45) is 4.85. The molecule has 1 unspecified atom stereocenters. The van der Waals surface area contributed by atoms with Crippen LogP contribution in [0.15, 0.2) is 0 Å². The van der Waals surface area contributed by atoms with Crippen molar-refractivity contribution in [2.75, 3.05) is 5.73 Å². The fourth-order valence-corrected chi connectivity index (χ4v) is 2.16. The van der Waals surface area contributed by atoms with Gasteiger partial charge in [0.2, 0.25) is 5.95 Å². The summed E-state index contributed by atoms with van der Waals surface area (Å²) < 4.78 is 4.00. The zero-order chi connectivity index (χ0) is 9.68. The van der Waals surface area contributed by atoms with Gasteiger partial charge in [0.1, 0.15) is 5.01 Å². The molecule has 2 N–H and O–H groups in total. The lowest BCUT2D eigenvalue weighted by molar-refractivity contribution is 0.567. The third-order valence-corrected chi connectivity index (χ3v) is 3.10. The number of hydrogen-bond donors (Lipinski definition) is 1. The Kier molecular flexibility index (Phi) is 4.15. The van der Waals surface area contributed by atoms with Crippen molar-refractivity contribution in [2.45, 2.75) is 45.4 Å². The van der Waals surface area contributed by atoms with Crippen LogP contribution in [0.3, 0.4) is 0 Å². The van der Waals surface area contributed by atoms with Crippen LogP contribution in [0, 0.1) is 0 Å². The maximum atomic E-state index is 5.49. The van der Waals surface area contributed by atoms with E-state index in [9.17, 15) is 0 Å². The molecule has 1 atom stereocenters. The molecule has 1 rings (SSSR count). The lowest BCUT2D eigenvalue weighted by atomic mass is 10.0. The number of nitrogens with zero attached hydrogens (tertiary/aromatic N) is 2. The van der Waals surface area contributed by atoms with E-state index in [1.807, 2.05) is 0 Å². The minimum absolute atomic E-state index is 0.426. The Labute approximate surface area is 83.5 Å². The van der Waals surface area contributed by atoms with Crippen molar-refractivity contribution in [3.8, 4) is 0 Å². The smallest absolute Gasteiger partial charge is 0.232 e. The molecule has 0 amide bonds. The number of hydrogen-bond acceptors (Lipinski definition) is 4. The largest absolute Gasteiger partial charge is 0.367 e. The molecule has 1 heterocycles. The van der Waals surface area contributed by atoms with Crippen LogP contribution in [0.25, 0.3) is 0 Å². The van der Waals surface area contributed by atoms with E-state index in [2.05, 4.69) is 23.2 Å². The molecule has 3 nitrogen and oxygen atoms in total. The van der Waals surface area contributed by atoms with Gasteiger partial charge in [-0.05, 0) is 24.4 Å². The van der Waals surface area contributed by atoms with Crippen molar-refractivity contribution in [2.24, 2.45) is 0 Å². The summed E-state index contributed by atoms with van der Waals surface area (Å²) >= 11 is 1.45. The normalized spacial score (nSPS) is 13.1. The fraction of sp³-hybridized carbons (Fsp3) is 0.778. The van der Waals surface area contributed by atoms with Gasteiger partial charge < -0.3 is 5.73 Å². The minimum atomic E-state index is 0.426. The number of nitrogen functional groups attached to an aromatic ring is 1. The summed E-state index contributed by atoms with van der Waals surface area (Å²) in [4.78, 5) is 4.22. The number of unbranched alkanes of at least 4 members (excludes halogenated alkanes) is 1. The molecule has 4 heteroatoms. The number of rotatable bonds is 5. The predicted octanol–water partition coefficient (Wildman–Crippen LogP) is 2.80. The number of anilines is 1. The van der Waals surface area contributed by atoms with Gasteiger partial charge in [0.15, 0.2) is 0 Å². The Balaban J connectivity index is 2.56. The Bertz CT molecular complexity index is 247. The van der Waals surface area contributed by atoms with Crippen molar-refractivity contribution in [3.05, 3.63) is 5.01 Å². The molecule has 0 aliphatic rings. The van der Waals surface area contributed by atoms with Crippen LogP contribution in [0.1, 0.15) is 50.5 Å². The first-order chi connectivity index (χ1) is 6.27. The van der Waals surface area contributed by atoms with Gasteiger partial charge in [0, 0.05) is 5.92 Å². The summed E-state index contributed by atoms with van der Waals surface area (Å²) in [5, 5.41) is 1.11. The molecular formula is C9H17N3S. The van der Waals surface area contributed by atoms with Gasteiger partial charge in [-0.25, -0.2) is 4.98 Å². The summed E-state index contributed by atoms with van der Waals surface area (Å²) in [5.41, 5.74) is 5.49. The van der Waals surface area contributed by atoms with Gasteiger partial charge in [-0.2, -0.15) is 4.37 Å². The molecule has 0 saturated carbocycles. The Morgan fingerprint density at radius 2 is 2.23 bits per heavy atom. The average molecular weight is 199 g/mol. The van der Waals surface area contributed by atoms with E-state index in [0.29, 0.717) is 11.9 Å². The quantitative estimate of drug-likeness (QED) is 0.793. The second-order valence-electron chi connectivity index (χ2n) is 3.24. The first-order valence-electron chi connectivity index (χ1n) is 4.87. The molecule has 0 fully saturated rings. The van der Waals surface area contributed by atoms with Crippen LogP contribution in [-0.4, -0.2) is 9.36 Å². The molecule has 13 heavy (non-hydrogen) atoms. The van der Waals surface area contributed by atoms with Crippen molar-refractivity contribution in [1.29, 1.82) is 0 Å². The molecule has 0 aliphatic carbocycles. The Morgan fingerprint density at radius 1 is 1.46 bits per heavy atom. The number of nitrogens with two attached hydrogens (primary N) is 1. The van der Waals surface area contributed by atoms with Crippen LogP contribution < -0.4 is 5.73 Å². The van der Waals surface area contributed by atoms with Crippen molar-refractivity contribution < 1.29 is 0 Å². The van der Waals surface area contributed by atoms with Gasteiger partial charge in [-0.15, -0.1) is 0 Å². The predicted molar refractivity (Wildman–Crippen MR) is 56.9 cm³/mol. The van der Waals surface area contributed by atoms with Crippen LogP contribution >= 0.6 is 11.5 Å². The zero-order valence-corrected chi connectivity index (χ0v) is 9.10. The highest BCUT2D eigenvalue weighted by atomic mass is 32.1. The molecule has 0 aliphatic heterocycles. The van der Waals surface area contributed by atoms with E-state index in [0.717, 1.165) is 11.4 Å². The second kappa shape index (κ2) is 5.17. The van der Waals surface area contributed by atoms with E-state index >= 15 is 0 Å². The topological polar surface area (TPSA) is 51.8 Å². The summed E-state index contributed by atoms with van der Waals surface area (Å²) in [6, 6.07) is 0. The van der Waals surface area contributed by atoms with Crippen molar-refractivity contribution in [3.63, 3.8) is 0 Å².